The third-order valence-electron chi connectivity index (χ3n) is 8.31. The van der Waals surface area contributed by atoms with Crippen molar-refractivity contribution in [3.8, 4) is 16.9 Å². The fraction of sp³-hybridized carbons (Fsp3) is 0.552. The lowest BCUT2D eigenvalue weighted by molar-refractivity contribution is -0.277. The maximum absolute atomic E-state index is 15.6. The van der Waals surface area contributed by atoms with Crippen molar-refractivity contribution in [2.75, 3.05) is 19.6 Å². The first-order valence-corrected chi connectivity index (χ1v) is 12.9. The van der Waals surface area contributed by atoms with Crippen LogP contribution in [0, 0.1) is 17.2 Å². The highest BCUT2D eigenvalue weighted by Gasteiger charge is 2.46. The Morgan fingerprint density at radius 1 is 1.17 bits per heavy atom. The molecule has 3 saturated heterocycles. The predicted octanol–water partition coefficient (Wildman–Crippen LogP) is 5.03. The fourth-order valence-corrected chi connectivity index (χ4v) is 6.53. The molecule has 4 aliphatic rings. The molecular formula is C29H36FN2O3-. The number of benzene rings is 2. The molecule has 0 spiro atoms. The Kier molecular flexibility index (Phi) is 6.28. The van der Waals surface area contributed by atoms with Crippen LogP contribution in [0.5, 0.6) is 5.75 Å². The van der Waals surface area contributed by atoms with Crippen LogP contribution in [0.2, 0.25) is 0 Å². The van der Waals surface area contributed by atoms with Gasteiger partial charge in [0, 0.05) is 18.2 Å². The Balaban J connectivity index is 1.53. The number of carbonyl (C=O) groups is 1. The highest BCUT2D eigenvalue weighted by atomic mass is 19.1. The van der Waals surface area contributed by atoms with Gasteiger partial charge in [-0.05, 0) is 105 Å². The Morgan fingerprint density at radius 3 is 2.43 bits per heavy atom. The summed E-state index contributed by atoms with van der Waals surface area (Å²) in [5, 5.41) is 12.6. The van der Waals surface area contributed by atoms with Crippen molar-refractivity contribution in [2.45, 2.75) is 71.6 Å². The van der Waals surface area contributed by atoms with Crippen molar-refractivity contribution in [3.63, 3.8) is 0 Å². The largest absolute Gasteiger partial charge is 0.530 e. The van der Waals surface area contributed by atoms with Gasteiger partial charge in [0.05, 0.1) is 12.1 Å². The Bertz CT molecular complexity index is 1090. The quantitative estimate of drug-likeness (QED) is 0.603. The number of amides is 1. The molecule has 6 rings (SSSR count). The maximum Gasteiger partial charge on any atom is 0.137 e. The van der Waals surface area contributed by atoms with E-state index in [1.54, 1.807) is 11.0 Å². The summed E-state index contributed by atoms with van der Waals surface area (Å²) in [5.74, 6) is 0.775. The lowest BCUT2D eigenvalue weighted by atomic mass is 9.68. The van der Waals surface area contributed by atoms with Crippen LogP contribution in [0.4, 0.5) is 9.18 Å². The summed E-state index contributed by atoms with van der Waals surface area (Å²) < 4.78 is 21.4. The number of rotatable bonds is 5. The molecule has 0 radical (unpaired) electrons. The van der Waals surface area contributed by atoms with E-state index in [4.69, 9.17) is 4.74 Å². The molecule has 1 aliphatic carbocycles. The van der Waals surface area contributed by atoms with E-state index in [9.17, 15) is 9.90 Å². The second-order valence-electron chi connectivity index (χ2n) is 11.5. The average Bonchev–Trinajstić information content (AvgIpc) is 2.81. The summed E-state index contributed by atoms with van der Waals surface area (Å²) in [6, 6.07) is 10.5. The lowest BCUT2D eigenvalue weighted by Gasteiger charge is -2.56. The van der Waals surface area contributed by atoms with Crippen LogP contribution >= 0.6 is 0 Å². The highest BCUT2D eigenvalue weighted by molar-refractivity contribution is 5.68. The molecule has 6 heteroatoms. The molecular weight excluding hydrogens is 443 g/mol. The monoisotopic (exact) mass is 479 g/mol. The van der Waals surface area contributed by atoms with Gasteiger partial charge in [-0.15, -0.1) is 0 Å². The smallest absolute Gasteiger partial charge is 0.137 e. The summed E-state index contributed by atoms with van der Waals surface area (Å²) in [7, 11) is 0. The van der Waals surface area contributed by atoms with Crippen LogP contribution in [0.1, 0.15) is 64.1 Å². The first kappa shape index (κ1) is 24.1. The zero-order chi connectivity index (χ0) is 24.9. The SMILES string of the molecule is CC(C)Oc1ccc(-c2cc3c(cc2F)[C@H](N(C(=O)[O-])[C@@H]2CN4CCC2CC4)C(C)(C)CC3)cc1. The van der Waals surface area contributed by atoms with Crippen molar-refractivity contribution in [1.82, 2.24) is 9.80 Å². The molecule has 0 N–H and O–H groups in total. The van der Waals surface area contributed by atoms with Gasteiger partial charge in [-0.3, -0.25) is 0 Å². The third-order valence-corrected chi connectivity index (χ3v) is 8.31. The van der Waals surface area contributed by atoms with Gasteiger partial charge in [0.25, 0.3) is 0 Å². The number of ether oxygens (including phenoxy) is 1. The van der Waals surface area contributed by atoms with E-state index >= 15 is 4.39 Å². The van der Waals surface area contributed by atoms with Crippen molar-refractivity contribution in [3.05, 3.63) is 53.3 Å². The van der Waals surface area contributed by atoms with Gasteiger partial charge < -0.3 is 24.4 Å². The van der Waals surface area contributed by atoms with Crippen molar-refractivity contribution in [1.29, 1.82) is 0 Å². The minimum Gasteiger partial charge on any atom is -0.530 e. The van der Waals surface area contributed by atoms with E-state index in [0.29, 0.717) is 11.5 Å². The topological polar surface area (TPSA) is 55.8 Å². The number of hydrogen-bond donors (Lipinski definition) is 0. The number of hydrogen-bond acceptors (Lipinski definition) is 4. The molecule has 2 aromatic rings. The van der Waals surface area contributed by atoms with E-state index in [1.807, 2.05) is 44.2 Å². The lowest BCUT2D eigenvalue weighted by Crippen LogP contribution is -2.63. The third kappa shape index (κ3) is 4.53. The van der Waals surface area contributed by atoms with E-state index in [0.717, 1.165) is 67.8 Å². The molecule has 0 unspecified atom stereocenters. The number of carboxylic acid groups (broad SMARTS) is 1. The predicted molar refractivity (Wildman–Crippen MR) is 133 cm³/mol. The molecule has 2 atom stereocenters. The van der Waals surface area contributed by atoms with Gasteiger partial charge in [-0.1, -0.05) is 26.0 Å². The minimum atomic E-state index is -1.14. The Labute approximate surface area is 207 Å². The van der Waals surface area contributed by atoms with E-state index in [-0.39, 0.29) is 23.4 Å². The molecule has 188 valence electrons. The van der Waals surface area contributed by atoms with Gasteiger partial charge in [0.1, 0.15) is 17.7 Å². The summed E-state index contributed by atoms with van der Waals surface area (Å²) in [5.41, 5.74) is 2.84. The second kappa shape index (κ2) is 9.12. The van der Waals surface area contributed by atoms with E-state index < -0.39 is 12.1 Å². The maximum atomic E-state index is 15.6. The van der Waals surface area contributed by atoms with Crippen molar-refractivity contribution in [2.24, 2.45) is 11.3 Å². The summed E-state index contributed by atoms with van der Waals surface area (Å²) in [6.07, 6.45) is 2.59. The van der Waals surface area contributed by atoms with E-state index in [2.05, 4.69) is 18.7 Å². The van der Waals surface area contributed by atoms with Gasteiger partial charge in [-0.2, -0.15) is 0 Å². The molecule has 2 bridgehead atoms. The minimum absolute atomic E-state index is 0.0736. The zero-order valence-electron chi connectivity index (χ0n) is 21.2. The van der Waals surface area contributed by atoms with Crippen LogP contribution in [-0.2, 0) is 6.42 Å². The number of nitrogens with zero attached hydrogens (tertiary/aromatic N) is 2. The summed E-state index contributed by atoms with van der Waals surface area (Å²) >= 11 is 0. The molecule has 3 aliphatic heterocycles. The summed E-state index contributed by atoms with van der Waals surface area (Å²) in [4.78, 5) is 16.6. The Morgan fingerprint density at radius 2 is 1.86 bits per heavy atom. The number of piperidine rings is 3. The molecule has 3 fully saturated rings. The molecule has 35 heavy (non-hydrogen) atoms. The molecule has 0 saturated carbocycles. The second-order valence-corrected chi connectivity index (χ2v) is 11.5. The van der Waals surface area contributed by atoms with Crippen LogP contribution in [0.3, 0.4) is 0 Å². The Hall–Kier alpha value is -2.60. The number of halogens is 1. The normalized spacial score (nSPS) is 26.9. The van der Waals surface area contributed by atoms with Crippen LogP contribution in [0.25, 0.3) is 11.1 Å². The first-order valence-electron chi connectivity index (χ1n) is 12.9. The number of aryl methyl sites for hydroxylation is 1. The standard InChI is InChI=1S/C29H37FN2O3/c1-18(2)35-22-7-5-19(6-8-22)23-15-21-9-12-29(3,4)27(24(21)16-25(23)30)32(28(33)34)26-17-31-13-10-20(26)11-14-31/h5-8,15-16,18,20,26-27H,9-14,17H2,1-4H3,(H,33,34)/p-1/t26-,27+/m1/s1. The number of carbonyl (C=O) groups excluding carboxylic acids is 1. The summed E-state index contributed by atoms with van der Waals surface area (Å²) in [6.45, 7) is 11.0. The van der Waals surface area contributed by atoms with Gasteiger partial charge >= 0.3 is 0 Å². The number of fused-ring (bicyclic) bond motifs is 4. The molecule has 0 aromatic heterocycles. The van der Waals surface area contributed by atoms with Gasteiger partial charge in [0.2, 0.25) is 0 Å². The fourth-order valence-electron chi connectivity index (χ4n) is 6.53. The van der Waals surface area contributed by atoms with Crippen molar-refractivity contribution >= 4 is 6.09 Å². The van der Waals surface area contributed by atoms with Crippen LogP contribution in [-0.4, -0.2) is 47.7 Å². The highest BCUT2D eigenvalue weighted by Crippen LogP contribution is 2.50. The van der Waals surface area contributed by atoms with Crippen LogP contribution in [0.15, 0.2) is 36.4 Å². The van der Waals surface area contributed by atoms with Gasteiger partial charge in [0.15, 0.2) is 0 Å². The van der Waals surface area contributed by atoms with Crippen LogP contribution < -0.4 is 9.84 Å². The molecule has 1 amide bonds. The first-order chi connectivity index (χ1) is 16.6. The van der Waals surface area contributed by atoms with Gasteiger partial charge in [-0.25, -0.2) is 4.39 Å². The molecule has 3 heterocycles. The van der Waals surface area contributed by atoms with Crippen molar-refractivity contribution < 1.29 is 19.0 Å². The van der Waals surface area contributed by atoms with E-state index in [1.165, 1.54) is 0 Å². The average molecular weight is 480 g/mol. The zero-order valence-corrected chi connectivity index (χ0v) is 21.2. The molecule has 2 aromatic carbocycles. The molecule has 5 nitrogen and oxygen atoms in total.